The number of nitrogens with two attached hydrogens (primary N) is 1. The Balaban J connectivity index is 2.33. The second-order valence-corrected chi connectivity index (χ2v) is 3.90. The van der Waals surface area contributed by atoms with E-state index in [1.54, 1.807) is 23.5 Å². The fourth-order valence-corrected chi connectivity index (χ4v) is 2.06. The number of hydrogen-bond acceptors (Lipinski definition) is 4. The molecule has 0 atom stereocenters. The zero-order valence-corrected chi connectivity index (χ0v) is 8.79. The molecule has 2 rings (SSSR count). The maximum atomic E-state index is 8.66. The second-order valence-electron chi connectivity index (χ2n) is 3.04. The number of rotatable bonds is 2. The summed E-state index contributed by atoms with van der Waals surface area (Å²) in [7, 11) is 0. The Kier molecular flexibility index (Phi) is 2.77. The first-order valence-electron chi connectivity index (χ1n) is 4.48. The Morgan fingerprint density at radius 3 is 2.60 bits per heavy atom. The number of nitrogens with zero attached hydrogens (tertiary/aromatic N) is 2. The van der Waals surface area contributed by atoms with Crippen LogP contribution in [-0.2, 0) is 6.54 Å². The van der Waals surface area contributed by atoms with E-state index in [1.807, 2.05) is 17.5 Å². The summed E-state index contributed by atoms with van der Waals surface area (Å²) < 4.78 is 0. The van der Waals surface area contributed by atoms with Crippen LogP contribution in [0, 0.1) is 11.3 Å². The van der Waals surface area contributed by atoms with Crippen LogP contribution < -0.4 is 5.73 Å². The highest BCUT2D eigenvalue weighted by Crippen LogP contribution is 2.23. The van der Waals surface area contributed by atoms with Gasteiger partial charge in [-0.05, 0) is 12.1 Å². The van der Waals surface area contributed by atoms with Gasteiger partial charge in [0, 0.05) is 17.5 Å². The Labute approximate surface area is 91.8 Å². The Morgan fingerprint density at radius 2 is 2.07 bits per heavy atom. The van der Waals surface area contributed by atoms with Gasteiger partial charge in [0.05, 0.1) is 17.3 Å². The average molecular weight is 215 g/mol. The molecular formula is C11H9N3S. The first kappa shape index (κ1) is 9.84. The van der Waals surface area contributed by atoms with Crippen LogP contribution in [0.15, 0.2) is 29.6 Å². The summed E-state index contributed by atoms with van der Waals surface area (Å²) in [4.78, 5) is 4.37. The Hall–Kier alpha value is -1.70. The minimum absolute atomic E-state index is 0.465. The number of thiazole rings is 1. The highest BCUT2D eigenvalue weighted by Gasteiger charge is 2.03. The van der Waals surface area contributed by atoms with Gasteiger partial charge in [-0.25, -0.2) is 4.98 Å². The lowest BCUT2D eigenvalue weighted by Crippen LogP contribution is -1.95. The summed E-state index contributed by atoms with van der Waals surface area (Å²) in [5, 5.41) is 11.6. The molecule has 0 saturated carbocycles. The van der Waals surface area contributed by atoms with Crippen LogP contribution in [0.5, 0.6) is 0 Å². The molecule has 0 aliphatic heterocycles. The summed E-state index contributed by atoms with van der Waals surface area (Å²) in [5.41, 5.74) is 8.08. The molecule has 0 spiro atoms. The zero-order valence-electron chi connectivity index (χ0n) is 7.97. The van der Waals surface area contributed by atoms with E-state index in [9.17, 15) is 0 Å². The molecule has 3 nitrogen and oxygen atoms in total. The molecule has 2 aromatic rings. The van der Waals surface area contributed by atoms with Crippen molar-refractivity contribution in [2.24, 2.45) is 5.73 Å². The van der Waals surface area contributed by atoms with Crippen molar-refractivity contribution in [3.8, 4) is 16.6 Å². The van der Waals surface area contributed by atoms with Crippen molar-refractivity contribution in [2.45, 2.75) is 6.54 Å². The molecule has 0 saturated heterocycles. The normalized spacial score (nSPS) is 9.87. The highest BCUT2D eigenvalue weighted by atomic mass is 32.1. The van der Waals surface area contributed by atoms with Crippen LogP contribution in [0.3, 0.4) is 0 Å². The maximum Gasteiger partial charge on any atom is 0.123 e. The minimum Gasteiger partial charge on any atom is -0.325 e. The molecule has 0 amide bonds. The van der Waals surface area contributed by atoms with Crippen molar-refractivity contribution in [1.29, 1.82) is 5.26 Å². The molecule has 2 N–H and O–H groups in total. The quantitative estimate of drug-likeness (QED) is 0.834. The monoisotopic (exact) mass is 215 g/mol. The predicted octanol–water partition coefficient (Wildman–Crippen LogP) is 2.14. The molecule has 0 aliphatic carbocycles. The van der Waals surface area contributed by atoms with E-state index >= 15 is 0 Å². The van der Waals surface area contributed by atoms with Gasteiger partial charge < -0.3 is 5.73 Å². The first-order valence-corrected chi connectivity index (χ1v) is 5.36. The largest absolute Gasteiger partial charge is 0.325 e. The van der Waals surface area contributed by atoms with Gasteiger partial charge in [0.25, 0.3) is 0 Å². The molecule has 1 aromatic carbocycles. The fourth-order valence-electron chi connectivity index (χ4n) is 1.22. The topological polar surface area (TPSA) is 62.7 Å². The fraction of sp³-hybridized carbons (Fsp3) is 0.0909. The molecule has 0 radical (unpaired) electrons. The summed E-state index contributed by atoms with van der Waals surface area (Å²) in [6, 6.07) is 9.47. The molecular weight excluding hydrogens is 206 g/mol. The van der Waals surface area contributed by atoms with Crippen molar-refractivity contribution in [2.75, 3.05) is 0 Å². The summed E-state index contributed by atoms with van der Waals surface area (Å²) in [6.45, 7) is 0.465. The molecule has 74 valence electrons. The lowest BCUT2D eigenvalue weighted by Gasteiger charge is -1.95. The molecule has 0 unspecified atom stereocenters. The maximum absolute atomic E-state index is 8.66. The number of aromatic nitrogens is 1. The van der Waals surface area contributed by atoms with Crippen molar-refractivity contribution >= 4 is 11.3 Å². The van der Waals surface area contributed by atoms with Crippen LogP contribution in [0.4, 0.5) is 0 Å². The molecule has 4 heteroatoms. The second kappa shape index (κ2) is 4.22. The number of benzene rings is 1. The van der Waals surface area contributed by atoms with Crippen LogP contribution in [0.1, 0.15) is 11.3 Å². The van der Waals surface area contributed by atoms with Gasteiger partial charge in [0.15, 0.2) is 0 Å². The van der Waals surface area contributed by atoms with Crippen LogP contribution in [-0.4, -0.2) is 4.98 Å². The molecule has 1 heterocycles. The van der Waals surface area contributed by atoms with E-state index < -0.39 is 0 Å². The van der Waals surface area contributed by atoms with E-state index in [1.165, 1.54) is 0 Å². The Morgan fingerprint density at radius 1 is 1.33 bits per heavy atom. The third kappa shape index (κ3) is 2.04. The van der Waals surface area contributed by atoms with Crippen LogP contribution >= 0.6 is 11.3 Å². The summed E-state index contributed by atoms with van der Waals surface area (Å²) in [6.07, 6.45) is 0. The van der Waals surface area contributed by atoms with Crippen molar-refractivity contribution in [1.82, 2.24) is 4.98 Å². The number of hydrogen-bond donors (Lipinski definition) is 1. The van der Waals surface area contributed by atoms with E-state index in [0.717, 1.165) is 16.3 Å². The van der Waals surface area contributed by atoms with Gasteiger partial charge in [-0.1, -0.05) is 12.1 Å². The van der Waals surface area contributed by atoms with Gasteiger partial charge in [-0.3, -0.25) is 0 Å². The van der Waals surface area contributed by atoms with Crippen molar-refractivity contribution < 1.29 is 0 Å². The first-order chi connectivity index (χ1) is 7.33. The van der Waals surface area contributed by atoms with Gasteiger partial charge in [-0.2, -0.15) is 5.26 Å². The van der Waals surface area contributed by atoms with Crippen molar-refractivity contribution in [3.05, 3.63) is 40.9 Å². The van der Waals surface area contributed by atoms with Crippen LogP contribution in [0.25, 0.3) is 10.6 Å². The highest BCUT2D eigenvalue weighted by molar-refractivity contribution is 7.13. The third-order valence-corrected chi connectivity index (χ3v) is 2.96. The smallest absolute Gasteiger partial charge is 0.123 e. The van der Waals surface area contributed by atoms with E-state index in [0.29, 0.717) is 12.1 Å². The molecule has 15 heavy (non-hydrogen) atoms. The molecule has 0 bridgehead atoms. The van der Waals surface area contributed by atoms with Gasteiger partial charge in [0.1, 0.15) is 5.01 Å². The molecule has 1 aromatic heterocycles. The Bertz CT molecular complexity index is 493. The average Bonchev–Trinajstić information content (AvgIpc) is 2.78. The standard InChI is InChI=1S/C11H9N3S/c12-5-8-1-3-9(4-2-8)11-14-10(6-13)7-15-11/h1-4,7H,6,13H2. The molecule has 0 aliphatic rings. The number of nitriles is 1. The van der Waals surface area contributed by atoms with E-state index in [4.69, 9.17) is 11.0 Å². The van der Waals surface area contributed by atoms with E-state index in [2.05, 4.69) is 11.1 Å². The zero-order chi connectivity index (χ0) is 10.7. The lowest BCUT2D eigenvalue weighted by molar-refractivity contribution is 1.01. The summed E-state index contributed by atoms with van der Waals surface area (Å²) in [5.74, 6) is 0. The SMILES string of the molecule is N#Cc1ccc(-c2nc(CN)cs2)cc1. The van der Waals surface area contributed by atoms with Crippen molar-refractivity contribution in [3.63, 3.8) is 0 Å². The summed E-state index contributed by atoms with van der Waals surface area (Å²) >= 11 is 1.57. The van der Waals surface area contributed by atoms with Gasteiger partial charge in [0.2, 0.25) is 0 Å². The van der Waals surface area contributed by atoms with Gasteiger partial charge in [-0.15, -0.1) is 11.3 Å². The van der Waals surface area contributed by atoms with Crippen LogP contribution in [0.2, 0.25) is 0 Å². The van der Waals surface area contributed by atoms with Gasteiger partial charge >= 0.3 is 0 Å². The molecule has 0 fully saturated rings. The lowest BCUT2D eigenvalue weighted by atomic mass is 10.1. The van der Waals surface area contributed by atoms with E-state index in [-0.39, 0.29) is 0 Å². The predicted molar refractivity (Wildman–Crippen MR) is 60.2 cm³/mol. The minimum atomic E-state index is 0.465. The third-order valence-electron chi connectivity index (χ3n) is 2.02.